The van der Waals surface area contributed by atoms with Crippen LogP contribution in [0.1, 0.15) is 38.2 Å². The fourth-order valence-electron chi connectivity index (χ4n) is 2.50. The first-order valence-corrected chi connectivity index (χ1v) is 8.53. The number of carbonyl (C=O) groups excluding carboxylic acids is 2. The summed E-state index contributed by atoms with van der Waals surface area (Å²) in [4.78, 5) is 26.8. The van der Waals surface area contributed by atoms with Gasteiger partial charge >= 0.3 is 0 Å². The normalized spacial score (nSPS) is 15.3. The molecule has 0 saturated heterocycles. The van der Waals surface area contributed by atoms with Crippen molar-refractivity contribution in [3.63, 3.8) is 0 Å². The molecule has 1 aromatic rings. The number of aryl methyl sites for hydroxylation is 1. The van der Waals surface area contributed by atoms with Crippen LogP contribution in [0, 0.1) is 12.3 Å². The van der Waals surface area contributed by atoms with Gasteiger partial charge in [0.1, 0.15) is 5.41 Å². The fraction of sp³-hybridized carbons (Fsp3) is 0.529. The first kappa shape index (κ1) is 17.0. The van der Waals surface area contributed by atoms with Crippen molar-refractivity contribution in [1.82, 2.24) is 4.90 Å². The molecule has 2 rings (SSSR count). The molecule has 1 aliphatic rings. The van der Waals surface area contributed by atoms with Crippen molar-refractivity contribution in [2.24, 2.45) is 5.41 Å². The molecule has 22 heavy (non-hydrogen) atoms. The van der Waals surface area contributed by atoms with Crippen LogP contribution in [0.5, 0.6) is 0 Å². The van der Waals surface area contributed by atoms with Crippen molar-refractivity contribution in [3.8, 4) is 0 Å². The van der Waals surface area contributed by atoms with Gasteiger partial charge in [0.2, 0.25) is 11.8 Å². The number of anilines is 1. The van der Waals surface area contributed by atoms with Crippen molar-refractivity contribution < 1.29 is 9.59 Å². The molecule has 1 N–H and O–H groups in total. The minimum Gasteiger partial charge on any atom is -0.345 e. The van der Waals surface area contributed by atoms with E-state index in [2.05, 4.69) is 28.2 Å². The average molecular weight is 367 g/mol. The summed E-state index contributed by atoms with van der Waals surface area (Å²) in [6.45, 7) is 4.77. The lowest BCUT2D eigenvalue weighted by Gasteiger charge is -2.23. The lowest BCUT2D eigenvalue weighted by Crippen LogP contribution is -2.41. The molecule has 0 atom stereocenters. The molecule has 1 fully saturated rings. The zero-order chi connectivity index (χ0) is 16.3. The predicted octanol–water partition coefficient (Wildman–Crippen LogP) is 3.73. The van der Waals surface area contributed by atoms with Gasteiger partial charge in [0.15, 0.2) is 0 Å². The van der Waals surface area contributed by atoms with Gasteiger partial charge in [-0.2, -0.15) is 0 Å². The van der Waals surface area contributed by atoms with Crippen molar-refractivity contribution >= 4 is 33.4 Å². The molecule has 2 amide bonds. The topological polar surface area (TPSA) is 49.4 Å². The van der Waals surface area contributed by atoms with Crippen LogP contribution in [0.2, 0.25) is 0 Å². The number of amides is 2. The lowest BCUT2D eigenvalue weighted by molar-refractivity contribution is -0.141. The minimum atomic E-state index is -0.844. The molecule has 1 aromatic carbocycles. The van der Waals surface area contributed by atoms with Gasteiger partial charge in [0.05, 0.1) is 0 Å². The Balaban J connectivity index is 2.04. The van der Waals surface area contributed by atoms with E-state index in [0.717, 1.165) is 28.6 Å². The van der Waals surface area contributed by atoms with E-state index in [-0.39, 0.29) is 11.8 Å². The van der Waals surface area contributed by atoms with Crippen molar-refractivity contribution in [2.45, 2.75) is 39.5 Å². The van der Waals surface area contributed by atoms with E-state index >= 15 is 0 Å². The molecule has 4 nitrogen and oxygen atoms in total. The molecular weight excluding hydrogens is 344 g/mol. The van der Waals surface area contributed by atoms with E-state index in [9.17, 15) is 9.59 Å². The number of nitrogens with one attached hydrogen (secondary N) is 1. The number of unbranched alkanes of at least 4 members (excludes halogenated alkanes) is 1. The van der Waals surface area contributed by atoms with Gasteiger partial charge in [-0.15, -0.1) is 0 Å². The third kappa shape index (κ3) is 3.51. The first-order chi connectivity index (χ1) is 10.4. The van der Waals surface area contributed by atoms with Crippen LogP contribution in [0.4, 0.5) is 5.69 Å². The molecule has 0 radical (unpaired) electrons. The van der Waals surface area contributed by atoms with Gasteiger partial charge in [-0.25, -0.2) is 0 Å². The maximum Gasteiger partial charge on any atom is 0.240 e. The van der Waals surface area contributed by atoms with Crippen LogP contribution < -0.4 is 5.32 Å². The van der Waals surface area contributed by atoms with E-state index in [1.807, 2.05) is 25.1 Å². The van der Waals surface area contributed by atoms with Gasteiger partial charge in [-0.1, -0.05) is 29.3 Å². The van der Waals surface area contributed by atoms with Crippen molar-refractivity contribution in [2.75, 3.05) is 18.9 Å². The summed E-state index contributed by atoms with van der Waals surface area (Å²) in [5.74, 6) is -0.227. The Morgan fingerprint density at radius 2 is 2.05 bits per heavy atom. The molecule has 5 heteroatoms. The Kier molecular flexibility index (Phi) is 5.27. The van der Waals surface area contributed by atoms with Crippen molar-refractivity contribution in [1.29, 1.82) is 0 Å². The molecule has 0 bridgehead atoms. The van der Waals surface area contributed by atoms with E-state index in [0.29, 0.717) is 19.4 Å². The molecular formula is C17H23BrN2O2. The molecule has 120 valence electrons. The highest BCUT2D eigenvalue weighted by Gasteiger charge is 2.57. The zero-order valence-corrected chi connectivity index (χ0v) is 15.0. The Labute approximate surface area is 140 Å². The number of hydrogen-bond donors (Lipinski definition) is 1. The second-order valence-corrected chi connectivity index (χ2v) is 6.93. The van der Waals surface area contributed by atoms with Crippen LogP contribution in [0.3, 0.4) is 0 Å². The lowest BCUT2D eigenvalue weighted by atomic mass is 10.0. The maximum absolute atomic E-state index is 12.5. The number of halogens is 1. The van der Waals surface area contributed by atoms with Gasteiger partial charge in [0, 0.05) is 23.8 Å². The van der Waals surface area contributed by atoms with Gasteiger partial charge in [-0.05, 0) is 49.9 Å². The highest BCUT2D eigenvalue weighted by atomic mass is 79.9. The average Bonchev–Trinajstić information content (AvgIpc) is 3.29. The third-order valence-corrected chi connectivity index (χ3v) is 5.09. The number of carbonyl (C=O) groups is 2. The Bertz CT molecular complexity index is 582. The van der Waals surface area contributed by atoms with Gasteiger partial charge in [0.25, 0.3) is 0 Å². The number of nitrogens with zero attached hydrogens (tertiary/aromatic N) is 1. The van der Waals surface area contributed by atoms with E-state index < -0.39 is 5.41 Å². The largest absolute Gasteiger partial charge is 0.345 e. The third-order valence-electron chi connectivity index (χ3n) is 4.20. The smallest absolute Gasteiger partial charge is 0.240 e. The Morgan fingerprint density at radius 3 is 2.59 bits per heavy atom. The van der Waals surface area contributed by atoms with E-state index in [1.165, 1.54) is 0 Å². The Hall–Kier alpha value is -1.36. The number of hydrogen-bond acceptors (Lipinski definition) is 2. The molecule has 0 aromatic heterocycles. The molecule has 0 unspecified atom stereocenters. The summed E-state index contributed by atoms with van der Waals surface area (Å²) >= 11 is 3.44. The highest BCUT2D eigenvalue weighted by Crippen LogP contribution is 2.48. The predicted molar refractivity (Wildman–Crippen MR) is 91.7 cm³/mol. The quantitative estimate of drug-likeness (QED) is 0.779. The molecule has 0 aliphatic heterocycles. The second-order valence-electron chi connectivity index (χ2n) is 6.08. The number of benzene rings is 1. The summed E-state index contributed by atoms with van der Waals surface area (Å²) in [7, 11) is 1.79. The monoisotopic (exact) mass is 366 g/mol. The van der Waals surface area contributed by atoms with Crippen LogP contribution >= 0.6 is 15.9 Å². The summed E-state index contributed by atoms with van der Waals surface area (Å²) in [6.07, 6.45) is 3.29. The van der Waals surface area contributed by atoms with Gasteiger partial charge < -0.3 is 10.2 Å². The first-order valence-electron chi connectivity index (χ1n) is 7.74. The summed E-state index contributed by atoms with van der Waals surface area (Å²) in [6, 6.07) is 5.65. The van der Waals surface area contributed by atoms with Crippen LogP contribution in [0.15, 0.2) is 22.7 Å². The van der Waals surface area contributed by atoms with Crippen molar-refractivity contribution in [3.05, 3.63) is 28.2 Å². The maximum atomic E-state index is 12.5. The number of rotatable bonds is 6. The summed E-state index contributed by atoms with van der Waals surface area (Å²) < 4.78 is 1.00. The molecule has 0 spiro atoms. The Morgan fingerprint density at radius 1 is 1.36 bits per heavy atom. The summed E-state index contributed by atoms with van der Waals surface area (Å²) in [5.41, 5.74) is 0.943. The molecule has 1 saturated carbocycles. The van der Waals surface area contributed by atoms with E-state index in [4.69, 9.17) is 0 Å². The van der Waals surface area contributed by atoms with E-state index in [1.54, 1.807) is 11.9 Å². The minimum absolute atomic E-state index is 0.0488. The SMILES string of the molecule is CCCCN(C)C(=O)C1(C(=O)Nc2ccc(Br)c(C)c2)CC1. The van der Waals surface area contributed by atoms with Gasteiger partial charge in [-0.3, -0.25) is 9.59 Å². The fourth-order valence-corrected chi connectivity index (χ4v) is 2.75. The second kappa shape index (κ2) is 6.82. The highest BCUT2D eigenvalue weighted by molar-refractivity contribution is 9.10. The van der Waals surface area contributed by atoms with Crippen LogP contribution in [-0.2, 0) is 9.59 Å². The zero-order valence-electron chi connectivity index (χ0n) is 13.4. The molecule has 1 aliphatic carbocycles. The van der Waals surface area contributed by atoms with Crippen LogP contribution in [0.25, 0.3) is 0 Å². The standard InChI is InChI=1S/C17H23BrN2O2/c1-4-5-10-20(3)16(22)17(8-9-17)15(21)19-13-6-7-14(18)12(2)11-13/h6-7,11H,4-5,8-10H2,1-3H3,(H,19,21). The summed E-state index contributed by atoms with van der Waals surface area (Å²) in [5, 5.41) is 2.90. The molecule has 0 heterocycles. The van der Waals surface area contributed by atoms with Crippen LogP contribution in [-0.4, -0.2) is 30.3 Å².